The topological polar surface area (TPSA) is 43.1 Å². The quantitative estimate of drug-likeness (QED) is 0.333. The fourth-order valence-corrected chi connectivity index (χ4v) is 1.85. The van der Waals surface area contributed by atoms with E-state index in [4.69, 9.17) is 0 Å². The van der Waals surface area contributed by atoms with Crippen LogP contribution in [0.1, 0.15) is 0 Å². The van der Waals surface area contributed by atoms with Gasteiger partial charge in [0.15, 0.2) is -0.565 Å². The van der Waals surface area contributed by atoms with Gasteiger partial charge in [-0.1, -0.05) is 0 Å². The Morgan fingerprint density at radius 1 is 1.23 bits per heavy atom. The van der Waals surface area contributed by atoms with E-state index in [1.807, 2.05) is 0 Å². The number of nitrogens with two attached hydrogens (primary N) is 1. The van der Waals surface area contributed by atoms with Crippen LogP contribution in [0.2, 0.25) is 0 Å². The fraction of sp³-hybridized carbons (Fsp3) is 0.400. The third kappa shape index (κ3) is 5.59. The molecule has 0 saturated heterocycles. The number of halogens is 6. The normalized spacial score (nSPS) is 14.5. The molecule has 2 nitrogen and oxygen atoms in total. The van der Waals surface area contributed by atoms with Crippen molar-refractivity contribution in [3.05, 3.63) is 11.6 Å². The molecule has 0 radical (unpaired) electrons. The third-order valence-corrected chi connectivity index (χ3v) is 2.64. The van der Waals surface area contributed by atoms with Crippen LogP contribution in [0.5, 0.6) is 0 Å². The van der Waals surface area contributed by atoms with Crippen molar-refractivity contribution < 1.29 is 18.0 Å². The van der Waals surface area contributed by atoms with Gasteiger partial charge in [0.1, 0.15) is 0 Å². The second-order valence-electron chi connectivity index (χ2n) is 1.96. The van der Waals surface area contributed by atoms with Crippen LogP contribution in [0.15, 0.2) is 11.6 Å². The number of primary amides is 1. The lowest BCUT2D eigenvalue weighted by atomic mass is 10.3. The highest BCUT2D eigenvalue weighted by atomic mass is 127. The summed E-state index contributed by atoms with van der Waals surface area (Å²) in [6.07, 6.45) is -4.12. The zero-order chi connectivity index (χ0) is 10.9. The molecule has 0 fully saturated rings. The van der Waals surface area contributed by atoms with Gasteiger partial charge in [0.05, 0.1) is 5.57 Å². The van der Waals surface area contributed by atoms with E-state index >= 15 is 0 Å². The predicted molar refractivity (Wildman–Crippen MR) is 68.1 cm³/mol. The minimum atomic E-state index is -4.53. The highest BCUT2D eigenvalue weighted by Gasteiger charge is 2.44. The molecule has 0 aliphatic carbocycles. The zero-order valence-corrected chi connectivity index (χ0v) is 12.3. The van der Waals surface area contributed by atoms with E-state index in [9.17, 15) is 18.0 Å². The molecule has 0 aliphatic rings. The Morgan fingerprint density at radius 2 is 1.62 bits per heavy atom. The number of allylic oxidation sites excluding steroid dienone is 1. The molecule has 0 atom stereocenters. The number of rotatable bonds is 2. The first-order valence-corrected chi connectivity index (χ1v) is 5.94. The Balaban J connectivity index is 5.13. The van der Waals surface area contributed by atoms with Crippen LogP contribution in [0.4, 0.5) is 13.2 Å². The molecule has 0 bridgehead atoms. The van der Waals surface area contributed by atoms with E-state index in [1.54, 1.807) is 67.8 Å². The monoisotopic (exact) mass is 531 g/mol. The van der Waals surface area contributed by atoms with Crippen LogP contribution in [-0.4, -0.2) is 11.5 Å². The number of carbonyl (C=O) groups excluding carboxylic acids is 1. The van der Waals surface area contributed by atoms with Crippen molar-refractivity contribution in [2.75, 3.05) is 0 Å². The van der Waals surface area contributed by atoms with Gasteiger partial charge in [-0.25, -0.2) is 0 Å². The lowest BCUT2D eigenvalue weighted by Gasteiger charge is -2.19. The van der Waals surface area contributed by atoms with Gasteiger partial charge in [-0.2, -0.15) is 13.2 Å². The van der Waals surface area contributed by atoms with Crippen molar-refractivity contribution in [2.45, 2.75) is 5.61 Å². The van der Waals surface area contributed by atoms with Crippen LogP contribution in [-0.2, 0) is 4.79 Å². The molecule has 0 aromatic carbocycles. The molecular weight excluding hydrogens is 528 g/mol. The second kappa shape index (κ2) is 4.81. The number of hydrogen-bond acceptors (Lipinski definition) is 1. The molecular formula is C5H3F3I3NO. The van der Waals surface area contributed by atoms with Gasteiger partial charge in [-0.15, -0.1) is 0 Å². The highest BCUT2D eigenvalue weighted by molar-refractivity contribution is 14.3. The Morgan fingerprint density at radius 3 is 1.69 bits per heavy atom. The molecule has 0 unspecified atom stereocenters. The number of carbonyl (C=O) groups is 1. The Bertz CT molecular complexity index is 226. The number of amides is 1. The summed E-state index contributed by atoms with van der Waals surface area (Å²) in [5.74, 6) is -1.10. The molecule has 76 valence electrons. The molecule has 13 heavy (non-hydrogen) atoms. The lowest BCUT2D eigenvalue weighted by Crippen LogP contribution is -2.24. The maximum atomic E-state index is 12.3. The van der Waals surface area contributed by atoms with Gasteiger partial charge in [0, 0.05) is 6.08 Å². The van der Waals surface area contributed by atoms with E-state index in [2.05, 4.69) is 5.73 Å². The van der Waals surface area contributed by atoms with Gasteiger partial charge in [-0.05, 0) is 67.8 Å². The summed E-state index contributed by atoms with van der Waals surface area (Å²) in [5.41, 5.74) is 3.71. The minimum absolute atomic E-state index is 0.408. The van der Waals surface area contributed by atoms with Crippen molar-refractivity contribution in [3.63, 3.8) is 0 Å². The van der Waals surface area contributed by atoms with Crippen LogP contribution in [0, 0.1) is 0 Å². The van der Waals surface area contributed by atoms with Crippen LogP contribution >= 0.6 is 67.8 Å². The summed E-state index contributed by atoms with van der Waals surface area (Å²) in [5, 5.41) is 0. The van der Waals surface area contributed by atoms with Crippen molar-refractivity contribution in [3.8, 4) is 0 Å². The standard InChI is InChI=1S/C5H3F3I3NO/c6-4(7,8)2(1-3(12)13)5(9,10)11/h1H,(H2,12,13)/b2-1+. The SMILES string of the molecule is NC(=O)/C=C(\C(F)(F)F)C(I)(I)I. The molecule has 0 aliphatic heterocycles. The lowest BCUT2D eigenvalue weighted by molar-refractivity contribution is -0.115. The van der Waals surface area contributed by atoms with E-state index in [-0.39, 0.29) is 0 Å². The third-order valence-electron chi connectivity index (χ3n) is 0.897. The maximum Gasteiger partial charge on any atom is 0.415 e. The summed E-state index contributed by atoms with van der Waals surface area (Å²) >= 11 is 4.72. The smallest absolute Gasteiger partial charge is 0.366 e. The molecule has 0 aromatic heterocycles. The molecule has 0 saturated carbocycles. The summed E-state index contributed by atoms with van der Waals surface area (Å²) in [7, 11) is 0. The Labute approximate surface area is 113 Å². The van der Waals surface area contributed by atoms with E-state index in [0.717, 1.165) is 0 Å². The van der Waals surface area contributed by atoms with Crippen LogP contribution in [0.3, 0.4) is 0 Å². The van der Waals surface area contributed by atoms with Crippen molar-refractivity contribution in [2.24, 2.45) is 5.73 Å². The average molecular weight is 531 g/mol. The van der Waals surface area contributed by atoms with E-state index < -0.39 is 17.1 Å². The first-order chi connectivity index (χ1) is 5.55. The average Bonchev–Trinajstić information content (AvgIpc) is 1.77. The number of hydrogen-bond donors (Lipinski definition) is 1. The van der Waals surface area contributed by atoms with Gasteiger partial charge in [0.2, 0.25) is 5.91 Å². The van der Waals surface area contributed by atoms with Gasteiger partial charge >= 0.3 is 6.18 Å². The highest BCUT2D eigenvalue weighted by Crippen LogP contribution is 2.49. The second-order valence-corrected chi connectivity index (χ2v) is 13.0. The fourth-order valence-electron chi connectivity index (χ4n) is 0.467. The summed E-state index contributed by atoms with van der Waals surface area (Å²) in [6, 6.07) is 0. The van der Waals surface area contributed by atoms with Crippen LogP contribution < -0.4 is 5.73 Å². The molecule has 0 spiro atoms. The molecule has 1 amide bonds. The Hall–Kier alpha value is 1.19. The summed E-state index contributed by atoms with van der Waals surface area (Å²) in [4.78, 5) is 10.3. The van der Waals surface area contributed by atoms with E-state index in [1.165, 1.54) is 0 Å². The molecule has 0 rings (SSSR count). The molecule has 2 N–H and O–H groups in total. The summed E-state index contributed by atoms with van der Waals surface area (Å²) < 4.78 is 35.6. The van der Waals surface area contributed by atoms with E-state index in [0.29, 0.717) is 6.08 Å². The number of alkyl halides is 6. The van der Waals surface area contributed by atoms with Crippen molar-refractivity contribution in [1.29, 1.82) is 0 Å². The summed E-state index contributed by atoms with van der Waals surface area (Å²) in [6.45, 7) is 0. The van der Waals surface area contributed by atoms with Gasteiger partial charge in [-0.3, -0.25) is 4.79 Å². The largest absolute Gasteiger partial charge is 0.415 e. The van der Waals surface area contributed by atoms with Crippen LogP contribution in [0.25, 0.3) is 0 Å². The first-order valence-electron chi connectivity index (χ1n) is 2.70. The minimum Gasteiger partial charge on any atom is -0.366 e. The molecule has 8 heteroatoms. The predicted octanol–water partition coefficient (Wildman–Crippen LogP) is 2.92. The van der Waals surface area contributed by atoms with Gasteiger partial charge in [0.25, 0.3) is 0 Å². The molecule has 0 heterocycles. The maximum absolute atomic E-state index is 12.3. The van der Waals surface area contributed by atoms with Crippen molar-refractivity contribution in [1.82, 2.24) is 0 Å². The Kier molecular flexibility index (Phi) is 5.25. The molecule has 0 aromatic rings. The van der Waals surface area contributed by atoms with Gasteiger partial charge < -0.3 is 5.73 Å². The van der Waals surface area contributed by atoms with Crippen molar-refractivity contribution >= 4 is 73.7 Å². The first kappa shape index (κ1) is 14.2. The zero-order valence-electron chi connectivity index (χ0n) is 5.83.